The Bertz CT molecular complexity index is 706. The number of rotatable bonds is 7. The summed E-state index contributed by atoms with van der Waals surface area (Å²) in [6.07, 6.45) is 2.15. The van der Waals surface area contributed by atoms with Crippen molar-refractivity contribution in [1.29, 1.82) is 0 Å². The molecule has 0 bridgehead atoms. The fraction of sp³-hybridized carbons (Fsp3) is 0.632. The summed E-state index contributed by atoms with van der Waals surface area (Å²) in [5, 5.41) is 6.59. The summed E-state index contributed by atoms with van der Waals surface area (Å²) < 4.78 is 26.2. The molecule has 148 valence electrons. The van der Waals surface area contributed by atoms with Gasteiger partial charge in [-0.25, -0.2) is 12.7 Å². The predicted molar refractivity (Wildman–Crippen MR) is 109 cm³/mol. The van der Waals surface area contributed by atoms with Crippen molar-refractivity contribution in [2.75, 3.05) is 21.1 Å². The van der Waals surface area contributed by atoms with E-state index in [-0.39, 0.29) is 6.04 Å². The first-order valence-corrected chi connectivity index (χ1v) is 10.4. The second-order valence-corrected chi connectivity index (χ2v) is 10.1. The van der Waals surface area contributed by atoms with E-state index >= 15 is 0 Å². The second kappa shape index (κ2) is 9.37. The van der Waals surface area contributed by atoms with Gasteiger partial charge in [0.2, 0.25) is 10.0 Å². The highest BCUT2D eigenvalue weighted by Crippen LogP contribution is 2.21. The molecule has 0 radical (unpaired) electrons. The smallest absolute Gasteiger partial charge is 0.242 e. The van der Waals surface area contributed by atoms with E-state index in [4.69, 9.17) is 0 Å². The molecular formula is C19H34N4O2S. The molecular weight excluding hydrogens is 348 g/mol. The molecule has 1 aromatic rings. The Morgan fingerprint density at radius 1 is 1.23 bits per heavy atom. The van der Waals surface area contributed by atoms with E-state index in [2.05, 4.69) is 43.3 Å². The van der Waals surface area contributed by atoms with Crippen LogP contribution in [0.4, 0.5) is 0 Å². The van der Waals surface area contributed by atoms with Crippen LogP contribution in [0.25, 0.3) is 0 Å². The first-order chi connectivity index (χ1) is 12.0. The highest BCUT2D eigenvalue weighted by atomic mass is 32.2. The van der Waals surface area contributed by atoms with Crippen LogP contribution in [0, 0.1) is 5.41 Å². The number of sulfonamides is 1. The largest absolute Gasteiger partial charge is 0.354 e. The molecule has 0 saturated heterocycles. The summed E-state index contributed by atoms with van der Waals surface area (Å²) in [4.78, 5) is 4.56. The van der Waals surface area contributed by atoms with Gasteiger partial charge in [-0.1, -0.05) is 39.0 Å². The van der Waals surface area contributed by atoms with Gasteiger partial charge in [-0.05, 0) is 36.8 Å². The minimum atomic E-state index is -3.48. The molecule has 0 aromatic heterocycles. The monoisotopic (exact) mass is 382 g/mol. The molecule has 1 aromatic carbocycles. The van der Waals surface area contributed by atoms with Gasteiger partial charge in [0.05, 0.1) is 4.90 Å². The molecule has 1 atom stereocenters. The van der Waals surface area contributed by atoms with Gasteiger partial charge in [-0.15, -0.1) is 0 Å². The van der Waals surface area contributed by atoms with Gasteiger partial charge >= 0.3 is 0 Å². The summed E-state index contributed by atoms with van der Waals surface area (Å²) in [5.74, 6) is 0.670. The lowest BCUT2D eigenvalue weighted by molar-refractivity contribution is 0.346. The van der Waals surface area contributed by atoms with Crippen molar-refractivity contribution < 1.29 is 8.42 Å². The third-order valence-electron chi connectivity index (χ3n) is 4.11. The molecule has 0 saturated carbocycles. The number of nitrogens with one attached hydrogen (secondary N) is 2. The summed E-state index contributed by atoms with van der Waals surface area (Å²) in [6, 6.07) is 7.31. The highest BCUT2D eigenvalue weighted by Gasteiger charge is 2.20. The Morgan fingerprint density at radius 3 is 2.38 bits per heavy atom. The molecule has 26 heavy (non-hydrogen) atoms. The number of nitrogens with zero attached hydrogens (tertiary/aromatic N) is 2. The zero-order valence-electron chi connectivity index (χ0n) is 17.1. The van der Waals surface area contributed by atoms with E-state index < -0.39 is 10.0 Å². The minimum Gasteiger partial charge on any atom is -0.354 e. The van der Waals surface area contributed by atoms with E-state index in [1.807, 2.05) is 12.1 Å². The molecule has 6 nitrogen and oxygen atoms in total. The summed E-state index contributed by atoms with van der Waals surface area (Å²) in [5.41, 5.74) is 1.01. The van der Waals surface area contributed by atoms with Crippen LogP contribution in [0.1, 0.15) is 46.1 Å². The molecule has 1 unspecified atom stereocenters. The molecule has 0 aliphatic carbocycles. The van der Waals surface area contributed by atoms with Gasteiger partial charge in [0.15, 0.2) is 5.96 Å². The Hall–Kier alpha value is -1.60. The van der Waals surface area contributed by atoms with E-state index in [1.54, 1.807) is 19.2 Å². The zero-order chi connectivity index (χ0) is 20.0. The van der Waals surface area contributed by atoms with Crippen LogP contribution in [0.3, 0.4) is 0 Å². The molecule has 0 fully saturated rings. The average Bonchev–Trinajstić information content (AvgIpc) is 2.56. The van der Waals surface area contributed by atoms with Gasteiger partial charge in [0.1, 0.15) is 0 Å². The maximum absolute atomic E-state index is 12.5. The van der Waals surface area contributed by atoms with Crippen LogP contribution in [0.5, 0.6) is 0 Å². The number of guanidine groups is 1. The first-order valence-electron chi connectivity index (χ1n) is 8.95. The van der Waals surface area contributed by atoms with Crippen molar-refractivity contribution in [2.45, 2.75) is 58.0 Å². The zero-order valence-corrected chi connectivity index (χ0v) is 17.9. The van der Waals surface area contributed by atoms with E-state index in [9.17, 15) is 8.42 Å². The number of benzene rings is 1. The van der Waals surface area contributed by atoms with Crippen LogP contribution in [-0.4, -0.2) is 45.9 Å². The average molecular weight is 383 g/mol. The van der Waals surface area contributed by atoms with E-state index in [0.29, 0.717) is 28.4 Å². The lowest BCUT2D eigenvalue weighted by atomic mass is 9.89. The molecule has 7 heteroatoms. The first kappa shape index (κ1) is 22.4. The van der Waals surface area contributed by atoms with Crippen LogP contribution in [-0.2, 0) is 16.6 Å². The Labute approximate surface area is 159 Å². The van der Waals surface area contributed by atoms with Gasteiger partial charge in [-0.2, -0.15) is 0 Å². The lowest BCUT2D eigenvalue weighted by Gasteiger charge is -2.23. The minimum absolute atomic E-state index is 0.279. The van der Waals surface area contributed by atoms with Gasteiger partial charge < -0.3 is 10.6 Å². The molecule has 2 N–H and O–H groups in total. The molecule has 1 rings (SSSR count). The van der Waals surface area contributed by atoms with Crippen LogP contribution in [0.15, 0.2) is 34.2 Å². The Kier molecular flexibility index (Phi) is 8.09. The van der Waals surface area contributed by atoms with Crippen molar-refractivity contribution in [3.8, 4) is 0 Å². The molecule has 0 spiro atoms. The van der Waals surface area contributed by atoms with E-state index in [0.717, 1.165) is 12.8 Å². The number of hydrogen-bond donors (Lipinski definition) is 2. The van der Waals surface area contributed by atoms with Crippen LogP contribution in [0.2, 0.25) is 0 Å². The predicted octanol–water partition coefficient (Wildman–Crippen LogP) is 2.82. The molecule has 0 aliphatic rings. The van der Waals surface area contributed by atoms with E-state index in [1.165, 1.54) is 18.4 Å². The molecule has 0 heterocycles. The fourth-order valence-corrected chi connectivity index (χ4v) is 3.54. The summed E-state index contributed by atoms with van der Waals surface area (Å²) >= 11 is 0. The topological polar surface area (TPSA) is 73.8 Å². The highest BCUT2D eigenvalue weighted by molar-refractivity contribution is 7.89. The van der Waals surface area contributed by atoms with Crippen molar-refractivity contribution in [2.24, 2.45) is 10.4 Å². The van der Waals surface area contributed by atoms with Gasteiger partial charge in [0, 0.05) is 33.7 Å². The fourth-order valence-electron chi connectivity index (χ4n) is 2.43. The third-order valence-corrected chi connectivity index (χ3v) is 6.03. The quantitative estimate of drug-likeness (QED) is 0.562. The third kappa shape index (κ3) is 6.96. The normalized spacial score (nSPS) is 14.4. The Morgan fingerprint density at radius 2 is 1.85 bits per heavy atom. The van der Waals surface area contributed by atoms with Crippen molar-refractivity contribution >= 4 is 16.0 Å². The summed E-state index contributed by atoms with van der Waals surface area (Å²) in [6.45, 7) is 9.21. The number of hydrogen-bond acceptors (Lipinski definition) is 3. The molecule has 0 aliphatic heterocycles. The standard InChI is InChI=1S/C19H34N4O2S/c1-15(12-13-19(2,3)4)22-18(20-5)21-14-16-10-8-9-11-17(16)26(24,25)23(6)7/h8-11,15H,12-14H2,1-7H3,(H2,20,21,22). The SMILES string of the molecule is CN=C(NCc1ccccc1S(=O)(=O)N(C)C)NC(C)CCC(C)(C)C. The number of aliphatic imine (C=N–C) groups is 1. The van der Waals surface area contributed by atoms with Crippen LogP contribution >= 0.6 is 0 Å². The maximum atomic E-state index is 12.5. The van der Waals surface area contributed by atoms with Crippen LogP contribution < -0.4 is 10.6 Å². The van der Waals surface area contributed by atoms with Gasteiger partial charge in [0.25, 0.3) is 0 Å². The maximum Gasteiger partial charge on any atom is 0.242 e. The Balaban J connectivity index is 2.76. The van der Waals surface area contributed by atoms with Crippen molar-refractivity contribution in [1.82, 2.24) is 14.9 Å². The van der Waals surface area contributed by atoms with Crippen molar-refractivity contribution in [3.05, 3.63) is 29.8 Å². The van der Waals surface area contributed by atoms with Crippen molar-refractivity contribution in [3.63, 3.8) is 0 Å². The molecule has 0 amide bonds. The van der Waals surface area contributed by atoms with Gasteiger partial charge in [-0.3, -0.25) is 4.99 Å². The lowest BCUT2D eigenvalue weighted by Crippen LogP contribution is -2.42. The second-order valence-electron chi connectivity index (χ2n) is 7.97. The summed E-state index contributed by atoms with van der Waals surface area (Å²) in [7, 11) is 1.32.